The van der Waals surface area contributed by atoms with Crippen LogP contribution < -0.4 is 15.6 Å². The Labute approximate surface area is 191 Å². The summed E-state index contributed by atoms with van der Waals surface area (Å²) in [5, 5.41) is 3.03. The second kappa shape index (κ2) is 9.40. The average Bonchev–Trinajstić information content (AvgIpc) is 2.82. The van der Waals surface area contributed by atoms with E-state index in [0.29, 0.717) is 37.1 Å². The van der Waals surface area contributed by atoms with Gasteiger partial charge in [0.1, 0.15) is 17.2 Å². The number of H-pyrrole nitrogens is 1. The van der Waals surface area contributed by atoms with Crippen molar-refractivity contribution in [1.82, 2.24) is 25.2 Å². The fourth-order valence-electron chi connectivity index (χ4n) is 3.88. The molecule has 9 nitrogen and oxygen atoms in total. The molecule has 0 unspecified atom stereocenters. The lowest BCUT2D eigenvalue weighted by Gasteiger charge is -2.35. The van der Waals surface area contributed by atoms with Crippen molar-refractivity contribution in [2.45, 2.75) is 26.7 Å². The zero-order valence-electron chi connectivity index (χ0n) is 19.1. The second-order valence-corrected chi connectivity index (χ2v) is 8.51. The number of fused-ring (bicyclic) bond motifs is 1. The number of hydrogen-bond acceptors (Lipinski definition) is 6. The van der Waals surface area contributed by atoms with E-state index in [1.54, 1.807) is 23.1 Å². The van der Waals surface area contributed by atoms with Crippen molar-refractivity contribution in [3.05, 3.63) is 63.8 Å². The average molecular weight is 449 g/mol. The number of anilines is 1. The Morgan fingerprint density at radius 2 is 1.85 bits per heavy atom. The molecule has 0 bridgehead atoms. The molecule has 0 radical (unpaired) electrons. The minimum absolute atomic E-state index is 0.00796. The maximum atomic E-state index is 12.7. The van der Waals surface area contributed by atoms with Crippen LogP contribution in [-0.2, 0) is 4.79 Å². The molecule has 2 aromatic heterocycles. The van der Waals surface area contributed by atoms with Crippen molar-refractivity contribution in [2.24, 2.45) is 0 Å². The van der Waals surface area contributed by atoms with Crippen LogP contribution in [0.25, 0.3) is 10.9 Å². The number of aromatic amines is 1. The third-order valence-corrected chi connectivity index (χ3v) is 5.76. The first-order valence-electron chi connectivity index (χ1n) is 11.1. The van der Waals surface area contributed by atoms with Crippen LogP contribution in [-0.4, -0.2) is 64.4 Å². The van der Waals surface area contributed by atoms with Gasteiger partial charge in [0.15, 0.2) is 0 Å². The van der Waals surface area contributed by atoms with E-state index in [4.69, 9.17) is 0 Å². The first-order valence-corrected chi connectivity index (χ1v) is 11.1. The van der Waals surface area contributed by atoms with Crippen LogP contribution >= 0.6 is 0 Å². The number of amides is 2. The van der Waals surface area contributed by atoms with Gasteiger partial charge in [-0.05, 0) is 19.1 Å². The second-order valence-electron chi connectivity index (χ2n) is 8.51. The zero-order valence-corrected chi connectivity index (χ0v) is 19.1. The molecule has 33 heavy (non-hydrogen) atoms. The number of piperazine rings is 1. The summed E-state index contributed by atoms with van der Waals surface area (Å²) in [5.74, 6) is 1.19. The molecule has 0 atom stereocenters. The Morgan fingerprint density at radius 1 is 1.12 bits per heavy atom. The number of pyridine rings is 1. The predicted octanol–water partition coefficient (Wildman–Crippen LogP) is 1.83. The SMILES string of the molecule is Cc1cc(N2CCN(C(=O)CNC(=O)c3c[nH]c4ccccc4c3=O)CC2)nc(C(C)C)n1. The van der Waals surface area contributed by atoms with E-state index in [2.05, 4.69) is 39.0 Å². The van der Waals surface area contributed by atoms with E-state index < -0.39 is 5.91 Å². The molecule has 0 spiro atoms. The third-order valence-electron chi connectivity index (χ3n) is 5.76. The summed E-state index contributed by atoms with van der Waals surface area (Å²) in [4.78, 5) is 53.8. The topological polar surface area (TPSA) is 111 Å². The molecule has 1 aliphatic heterocycles. The fraction of sp³-hybridized carbons (Fsp3) is 0.375. The van der Waals surface area contributed by atoms with Gasteiger partial charge in [-0.2, -0.15) is 0 Å². The molecule has 4 rings (SSSR count). The number of aryl methyl sites for hydroxylation is 1. The van der Waals surface area contributed by atoms with Gasteiger partial charge in [0.2, 0.25) is 11.3 Å². The largest absolute Gasteiger partial charge is 0.360 e. The Bertz CT molecular complexity index is 1240. The fourth-order valence-corrected chi connectivity index (χ4v) is 3.88. The quantitative estimate of drug-likeness (QED) is 0.616. The standard InChI is InChI=1S/C24H28N6O3/c1-15(2)23-27-16(3)12-20(28-23)29-8-10-30(11-9-29)21(31)14-26-24(33)18-13-25-19-7-5-4-6-17(19)22(18)32/h4-7,12-13,15H,8-11,14H2,1-3H3,(H,25,32)(H,26,33). The van der Waals surface area contributed by atoms with Crippen LogP contribution in [0.3, 0.4) is 0 Å². The lowest BCUT2D eigenvalue weighted by atomic mass is 10.1. The van der Waals surface area contributed by atoms with Gasteiger partial charge in [-0.25, -0.2) is 9.97 Å². The minimum Gasteiger partial charge on any atom is -0.360 e. The highest BCUT2D eigenvalue weighted by molar-refractivity contribution is 5.98. The highest BCUT2D eigenvalue weighted by atomic mass is 16.2. The molecule has 172 valence electrons. The molecule has 1 aromatic carbocycles. The number of carbonyl (C=O) groups is 2. The van der Waals surface area contributed by atoms with Crippen LogP contribution in [0.1, 0.15) is 41.6 Å². The number of nitrogens with one attached hydrogen (secondary N) is 2. The molecule has 2 amide bonds. The minimum atomic E-state index is -0.563. The van der Waals surface area contributed by atoms with E-state index >= 15 is 0 Å². The maximum Gasteiger partial charge on any atom is 0.257 e. The molecule has 1 aliphatic rings. The van der Waals surface area contributed by atoms with Gasteiger partial charge >= 0.3 is 0 Å². The molecule has 0 aliphatic carbocycles. The van der Waals surface area contributed by atoms with Crippen LogP contribution in [0.4, 0.5) is 5.82 Å². The van der Waals surface area contributed by atoms with E-state index in [1.165, 1.54) is 6.20 Å². The lowest BCUT2D eigenvalue weighted by molar-refractivity contribution is -0.130. The monoisotopic (exact) mass is 448 g/mol. The third kappa shape index (κ3) is 4.87. The van der Waals surface area contributed by atoms with E-state index in [9.17, 15) is 14.4 Å². The number of hydrogen-bond donors (Lipinski definition) is 2. The van der Waals surface area contributed by atoms with Crippen LogP contribution in [0.5, 0.6) is 0 Å². The summed E-state index contributed by atoms with van der Waals surface area (Å²) >= 11 is 0. The first kappa shape index (κ1) is 22.4. The van der Waals surface area contributed by atoms with E-state index in [1.807, 2.05) is 19.1 Å². The van der Waals surface area contributed by atoms with Crippen LogP contribution in [0.2, 0.25) is 0 Å². The van der Waals surface area contributed by atoms with Gasteiger partial charge in [0.25, 0.3) is 5.91 Å². The summed E-state index contributed by atoms with van der Waals surface area (Å²) in [7, 11) is 0. The van der Waals surface area contributed by atoms with Crippen molar-refractivity contribution in [3.63, 3.8) is 0 Å². The molecular weight excluding hydrogens is 420 g/mol. The Kier molecular flexibility index (Phi) is 6.39. The molecule has 9 heteroatoms. The smallest absolute Gasteiger partial charge is 0.257 e. The van der Waals surface area contributed by atoms with E-state index in [-0.39, 0.29) is 29.4 Å². The number of para-hydroxylation sites is 1. The van der Waals surface area contributed by atoms with Gasteiger partial charge in [-0.15, -0.1) is 0 Å². The maximum absolute atomic E-state index is 12.7. The first-order chi connectivity index (χ1) is 15.8. The van der Waals surface area contributed by atoms with Gasteiger partial charge in [0, 0.05) is 61.0 Å². The van der Waals surface area contributed by atoms with Crippen molar-refractivity contribution in [2.75, 3.05) is 37.6 Å². The summed E-state index contributed by atoms with van der Waals surface area (Å²) in [6.07, 6.45) is 1.39. The summed E-state index contributed by atoms with van der Waals surface area (Å²) in [6, 6.07) is 8.96. The molecule has 0 saturated carbocycles. The zero-order chi connectivity index (χ0) is 23.5. The van der Waals surface area contributed by atoms with Gasteiger partial charge < -0.3 is 20.1 Å². The molecule has 1 fully saturated rings. The van der Waals surface area contributed by atoms with Gasteiger partial charge in [-0.1, -0.05) is 26.0 Å². The predicted molar refractivity (Wildman–Crippen MR) is 127 cm³/mol. The Balaban J connectivity index is 1.34. The van der Waals surface area contributed by atoms with Crippen LogP contribution in [0, 0.1) is 6.92 Å². The number of carbonyl (C=O) groups excluding carboxylic acids is 2. The van der Waals surface area contributed by atoms with Gasteiger partial charge in [-0.3, -0.25) is 14.4 Å². The highest BCUT2D eigenvalue weighted by Gasteiger charge is 2.23. The Morgan fingerprint density at radius 3 is 2.58 bits per heavy atom. The molecule has 3 aromatic rings. The van der Waals surface area contributed by atoms with Crippen molar-refractivity contribution in [3.8, 4) is 0 Å². The normalized spacial score (nSPS) is 14.1. The summed E-state index contributed by atoms with van der Waals surface area (Å²) in [6.45, 7) is 8.30. The number of rotatable bonds is 5. The number of aromatic nitrogens is 3. The van der Waals surface area contributed by atoms with Crippen molar-refractivity contribution < 1.29 is 9.59 Å². The lowest BCUT2D eigenvalue weighted by Crippen LogP contribution is -2.51. The van der Waals surface area contributed by atoms with Gasteiger partial charge in [0.05, 0.1) is 6.54 Å². The highest BCUT2D eigenvalue weighted by Crippen LogP contribution is 2.18. The summed E-state index contributed by atoms with van der Waals surface area (Å²) in [5.41, 5.74) is 1.22. The number of benzene rings is 1. The van der Waals surface area contributed by atoms with Crippen molar-refractivity contribution in [1.29, 1.82) is 0 Å². The molecule has 1 saturated heterocycles. The number of nitrogens with zero attached hydrogens (tertiary/aromatic N) is 4. The van der Waals surface area contributed by atoms with Crippen molar-refractivity contribution >= 4 is 28.5 Å². The Hall–Kier alpha value is -3.75. The molecule has 3 heterocycles. The molecular formula is C24H28N6O3. The summed E-state index contributed by atoms with van der Waals surface area (Å²) < 4.78 is 0. The van der Waals surface area contributed by atoms with E-state index in [0.717, 1.165) is 17.3 Å². The molecule has 2 N–H and O–H groups in total. The van der Waals surface area contributed by atoms with Crippen LogP contribution in [0.15, 0.2) is 41.3 Å².